The lowest BCUT2D eigenvalue weighted by Crippen LogP contribution is -2.25. The topological polar surface area (TPSA) is 57.2 Å². The van der Waals surface area contributed by atoms with Crippen LogP contribution in [0.25, 0.3) is 0 Å². The molecule has 1 rings (SSSR count). The van der Waals surface area contributed by atoms with Gasteiger partial charge in [0.15, 0.2) is 0 Å². The van der Waals surface area contributed by atoms with Gasteiger partial charge in [-0.3, -0.25) is 9.36 Å². The fourth-order valence-corrected chi connectivity index (χ4v) is 0.917. The minimum absolute atomic E-state index is 0.0342. The average Bonchev–Trinajstić information content (AvgIpc) is 2.10. The van der Waals surface area contributed by atoms with Crippen LogP contribution in [0.4, 0.5) is 18.9 Å². The van der Waals surface area contributed by atoms with Crippen molar-refractivity contribution in [1.82, 2.24) is 4.57 Å². The van der Waals surface area contributed by atoms with Gasteiger partial charge < -0.3 is 10.5 Å². The van der Waals surface area contributed by atoms with Gasteiger partial charge >= 0.3 is 6.18 Å². The highest BCUT2D eigenvalue weighted by molar-refractivity contribution is 5.33. The van der Waals surface area contributed by atoms with Crippen LogP contribution in [0, 0.1) is 0 Å². The van der Waals surface area contributed by atoms with Gasteiger partial charge in [0, 0.05) is 6.20 Å². The van der Waals surface area contributed by atoms with Crippen LogP contribution in [-0.4, -0.2) is 17.4 Å². The minimum Gasteiger partial charge on any atom is -0.394 e. The molecule has 0 radical (unpaired) electrons. The van der Waals surface area contributed by atoms with Crippen molar-refractivity contribution in [2.24, 2.45) is 0 Å². The molecular weight excluding hydrogens is 213 g/mol. The Labute approximate surface area is 83.1 Å². The van der Waals surface area contributed by atoms with Gasteiger partial charge in [0.05, 0.1) is 5.69 Å². The molecule has 15 heavy (non-hydrogen) atoms. The molecule has 0 saturated heterocycles. The summed E-state index contributed by atoms with van der Waals surface area (Å²) in [6.07, 6.45) is -3.10. The molecule has 2 N–H and O–H groups in total. The summed E-state index contributed by atoms with van der Waals surface area (Å²) in [7, 11) is 0. The van der Waals surface area contributed by atoms with E-state index < -0.39 is 25.1 Å². The molecule has 0 aromatic carbocycles. The van der Waals surface area contributed by atoms with E-state index in [-0.39, 0.29) is 5.69 Å². The molecule has 0 atom stereocenters. The van der Waals surface area contributed by atoms with E-state index in [1.54, 1.807) is 0 Å². The first-order valence-corrected chi connectivity index (χ1v) is 3.99. The highest BCUT2D eigenvalue weighted by Crippen LogP contribution is 2.14. The van der Waals surface area contributed by atoms with Crippen molar-refractivity contribution >= 4 is 5.69 Å². The third kappa shape index (κ3) is 3.62. The maximum Gasteiger partial charge on any atom is 0.411 e. The lowest BCUT2D eigenvalue weighted by molar-refractivity contribution is -0.182. The van der Waals surface area contributed by atoms with Gasteiger partial charge in [-0.25, -0.2) is 0 Å². The van der Waals surface area contributed by atoms with Crippen molar-refractivity contribution in [3.8, 4) is 0 Å². The Morgan fingerprint density at radius 2 is 2.13 bits per heavy atom. The zero-order valence-electron chi connectivity index (χ0n) is 7.62. The SMILES string of the molecule is Nc1cccn(COCC(F)(F)F)c1=O. The summed E-state index contributed by atoms with van der Waals surface area (Å²) in [6, 6.07) is 2.82. The van der Waals surface area contributed by atoms with Crippen molar-refractivity contribution in [2.75, 3.05) is 12.3 Å². The fourth-order valence-electron chi connectivity index (χ4n) is 0.917. The third-order valence-corrected chi connectivity index (χ3v) is 1.55. The van der Waals surface area contributed by atoms with E-state index in [0.29, 0.717) is 0 Å². The lowest BCUT2D eigenvalue weighted by atomic mass is 10.4. The Balaban J connectivity index is 2.59. The van der Waals surface area contributed by atoms with E-state index in [2.05, 4.69) is 4.74 Å². The number of aromatic nitrogens is 1. The van der Waals surface area contributed by atoms with Gasteiger partial charge in [0.2, 0.25) is 0 Å². The van der Waals surface area contributed by atoms with E-state index in [1.165, 1.54) is 18.3 Å². The van der Waals surface area contributed by atoms with Gasteiger partial charge in [0.25, 0.3) is 5.56 Å². The number of alkyl halides is 3. The zero-order valence-corrected chi connectivity index (χ0v) is 7.62. The predicted molar refractivity (Wildman–Crippen MR) is 47.1 cm³/mol. The van der Waals surface area contributed by atoms with Crippen molar-refractivity contribution in [3.63, 3.8) is 0 Å². The van der Waals surface area contributed by atoms with Gasteiger partial charge in [0.1, 0.15) is 13.3 Å². The second kappa shape index (κ2) is 4.35. The van der Waals surface area contributed by atoms with Gasteiger partial charge in [-0.15, -0.1) is 0 Å². The average molecular weight is 222 g/mol. The van der Waals surface area contributed by atoms with Crippen LogP contribution in [-0.2, 0) is 11.5 Å². The largest absolute Gasteiger partial charge is 0.411 e. The van der Waals surface area contributed by atoms with E-state index in [9.17, 15) is 18.0 Å². The molecule has 0 unspecified atom stereocenters. The Kier molecular flexibility index (Phi) is 3.35. The molecular formula is C8H9F3N2O2. The first-order valence-electron chi connectivity index (χ1n) is 3.99. The molecule has 1 heterocycles. The van der Waals surface area contributed by atoms with Gasteiger partial charge in [-0.1, -0.05) is 0 Å². The highest BCUT2D eigenvalue weighted by Gasteiger charge is 2.27. The van der Waals surface area contributed by atoms with Crippen molar-refractivity contribution in [1.29, 1.82) is 0 Å². The van der Waals surface area contributed by atoms with E-state index >= 15 is 0 Å². The Bertz CT molecular complexity index is 386. The fraction of sp³-hybridized carbons (Fsp3) is 0.375. The molecule has 0 amide bonds. The van der Waals surface area contributed by atoms with E-state index in [4.69, 9.17) is 5.73 Å². The van der Waals surface area contributed by atoms with Crippen LogP contribution >= 0.6 is 0 Å². The number of ether oxygens (including phenoxy) is 1. The van der Waals surface area contributed by atoms with Gasteiger partial charge in [-0.2, -0.15) is 13.2 Å². The number of nitrogen functional groups attached to an aromatic ring is 1. The maximum atomic E-state index is 11.7. The summed E-state index contributed by atoms with van der Waals surface area (Å²) in [4.78, 5) is 11.2. The Morgan fingerprint density at radius 3 is 2.73 bits per heavy atom. The number of hydrogen-bond donors (Lipinski definition) is 1. The smallest absolute Gasteiger partial charge is 0.394 e. The van der Waals surface area contributed by atoms with Crippen LogP contribution in [0.1, 0.15) is 0 Å². The molecule has 4 nitrogen and oxygen atoms in total. The molecule has 0 saturated carbocycles. The summed E-state index contributed by atoms with van der Waals surface area (Å²) in [6.45, 7) is -1.86. The van der Waals surface area contributed by atoms with Gasteiger partial charge in [-0.05, 0) is 12.1 Å². The molecule has 7 heteroatoms. The summed E-state index contributed by atoms with van der Waals surface area (Å²) in [5.41, 5.74) is 4.66. The van der Waals surface area contributed by atoms with E-state index in [1.807, 2.05) is 0 Å². The standard InChI is InChI=1S/C8H9F3N2O2/c9-8(10,11)4-15-5-13-3-1-2-6(12)7(13)14/h1-3H,4-5,12H2. The van der Waals surface area contributed by atoms with Crippen molar-refractivity contribution in [2.45, 2.75) is 12.9 Å². The monoisotopic (exact) mass is 222 g/mol. The lowest BCUT2D eigenvalue weighted by Gasteiger charge is -2.09. The molecule has 0 fully saturated rings. The summed E-state index contributed by atoms with van der Waals surface area (Å²) >= 11 is 0. The molecule has 84 valence electrons. The number of anilines is 1. The van der Waals surface area contributed by atoms with Crippen LogP contribution < -0.4 is 11.3 Å². The molecule has 0 spiro atoms. The van der Waals surface area contributed by atoms with Crippen LogP contribution in [0.3, 0.4) is 0 Å². The summed E-state index contributed by atoms with van der Waals surface area (Å²) in [5.74, 6) is 0. The Hall–Kier alpha value is -1.50. The third-order valence-electron chi connectivity index (χ3n) is 1.55. The molecule has 0 aliphatic carbocycles. The van der Waals surface area contributed by atoms with Crippen LogP contribution in [0.5, 0.6) is 0 Å². The maximum absolute atomic E-state index is 11.7. The number of hydrogen-bond acceptors (Lipinski definition) is 3. The van der Waals surface area contributed by atoms with Crippen molar-refractivity contribution in [3.05, 3.63) is 28.7 Å². The second-order valence-electron chi connectivity index (χ2n) is 2.83. The van der Waals surface area contributed by atoms with Crippen molar-refractivity contribution < 1.29 is 17.9 Å². The molecule has 0 aliphatic heterocycles. The van der Waals surface area contributed by atoms with Crippen LogP contribution in [0.15, 0.2) is 23.1 Å². The summed E-state index contributed by atoms with van der Waals surface area (Å²) < 4.78 is 40.4. The molecule has 0 aliphatic rings. The number of rotatable bonds is 3. The quantitative estimate of drug-likeness (QED) is 0.828. The zero-order chi connectivity index (χ0) is 11.5. The number of nitrogens with zero attached hydrogens (tertiary/aromatic N) is 1. The first-order chi connectivity index (χ1) is 6.90. The second-order valence-corrected chi connectivity index (χ2v) is 2.83. The number of nitrogens with two attached hydrogens (primary N) is 1. The highest BCUT2D eigenvalue weighted by atomic mass is 19.4. The Morgan fingerprint density at radius 1 is 1.47 bits per heavy atom. The molecule has 1 aromatic rings. The number of pyridine rings is 1. The first kappa shape index (κ1) is 11.6. The summed E-state index contributed by atoms with van der Waals surface area (Å²) in [5, 5.41) is 0. The molecule has 1 aromatic heterocycles. The minimum atomic E-state index is -4.40. The van der Waals surface area contributed by atoms with Crippen LogP contribution in [0.2, 0.25) is 0 Å². The molecule has 0 bridgehead atoms. The normalized spacial score (nSPS) is 11.7. The van der Waals surface area contributed by atoms with E-state index in [0.717, 1.165) is 4.57 Å². The predicted octanol–water partition coefficient (Wildman–Crippen LogP) is 0.967. The number of halogens is 3.